The Labute approximate surface area is 272 Å². The third kappa shape index (κ3) is 9.89. The van der Waals surface area contributed by atoms with Crippen LogP contribution in [0.15, 0.2) is 133 Å². The van der Waals surface area contributed by atoms with Crippen LogP contribution >= 0.6 is 0 Å². The molecule has 6 heteroatoms. The van der Waals surface area contributed by atoms with Gasteiger partial charge in [-0.2, -0.15) is 0 Å². The molecule has 5 aromatic carbocycles. The standard InChI is InChI=1S/C40H42N2O4/c1-31-17-22-35(23-18-31)42(29-33-11-4-2-5-12-33)27-10-28-45-36-24-19-32(20-25-36)21-26-38(40(43)44)41-37-15-8-9-16-39(37)46-30-34-13-6-3-7-14-34/h2-9,11-20,22-25,38,41H,10,21,26-30H2,1H3,(H,43,44). The van der Waals surface area contributed by atoms with Crippen LogP contribution in [0.2, 0.25) is 0 Å². The maximum Gasteiger partial charge on any atom is 0.326 e. The number of carbonyl (C=O) groups is 1. The summed E-state index contributed by atoms with van der Waals surface area (Å²) in [5.74, 6) is 0.539. The summed E-state index contributed by atoms with van der Waals surface area (Å²) in [6.45, 7) is 4.84. The molecule has 0 aliphatic rings. The minimum absolute atomic E-state index is 0.407. The number of benzene rings is 5. The lowest BCUT2D eigenvalue weighted by molar-refractivity contribution is -0.138. The normalized spacial score (nSPS) is 11.4. The van der Waals surface area contributed by atoms with Crippen molar-refractivity contribution in [1.29, 1.82) is 0 Å². The highest BCUT2D eigenvalue weighted by Crippen LogP contribution is 2.27. The van der Waals surface area contributed by atoms with Crippen LogP contribution in [0.1, 0.15) is 35.1 Å². The molecule has 0 amide bonds. The molecular formula is C40H42N2O4. The summed E-state index contributed by atoms with van der Waals surface area (Å²) in [5.41, 5.74) is 6.50. The highest BCUT2D eigenvalue weighted by molar-refractivity contribution is 5.78. The number of carboxylic acid groups (broad SMARTS) is 1. The maximum atomic E-state index is 12.1. The molecule has 0 aliphatic heterocycles. The molecule has 0 spiro atoms. The average Bonchev–Trinajstić information content (AvgIpc) is 3.09. The predicted octanol–water partition coefficient (Wildman–Crippen LogP) is 8.55. The second-order valence-corrected chi connectivity index (χ2v) is 11.4. The summed E-state index contributed by atoms with van der Waals surface area (Å²) in [7, 11) is 0. The van der Waals surface area contributed by atoms with Gasteiger partial charge in [-0.3, -0.25) is 0 Å². The molecule has 0 radical (unpaired) electrons. The van der Waals surface area contributed by atoms with E-state index in [1.54, 1.807) is 0 Å². The molecular weight excluding hydrogens is 572 g/mol. The number of aliphatic carboxylic acids is 1. The molecule has 0 saturated heterocycles. The van der Waals surface area contributed by atoms with Gasteiger partial charge in [0.2, 0.25) is 0 Å². The van der Waals surface area contributed by atoms with Gasteiger partial charge in [-0.15, -0.1) is 0 Å². The number of hydrogen-bond acceptors (Lipinski definition) is 5. The summed E-state index contributed by atoms with van der Waals surface area (Å²) in [6.07, 6.45) is 1.92. The second-order valence-electron chi connectivity index (χ2n) is 11.4. The molecule has 1 atom stereocenters. The second kappa shape index (κ2) is 16.7. The van der Waals surface area contributed by atoms with Gasteiger partial charge in [0.15, 0.2) is 0 Å². The van der Waals surface area contributed by atoms with Gasteiger partial charge in [-0.1, -0.05) is 103 Å². The van der Waals surface area contributed by atoms with Crippen molar-refractivity contribution in [1.82, 2.24) is 0 Å². The third-order valence-electron chi connectivity index (χ3n) is 7.85. The SMILES string of the molecule is Cc1ccc(N(CCCOc2ccc(CCC(Nc3ccccc3OCc3ccccc3)C(=O)O)cc2)Cc2ccccc2)cc1. The first kappa shape index (κ1) is 32.2. The van der Waals surface area contributed by atoms with E-state index < -0.39 is 12.0 Å². The minimum Gasteiger partial charge on any atom is -0.494 e. The van der Waals surface area contributed by atoms with Crippen molar-refractivity contribution in [2.75, 3.05) is 23.4 Å². The largest absolute Gasteiger partial charge is 0.494 e. The Kier molecular flexibility index (Phi) is 11.7. The lowest BCUT2D eigenvalue weighted by Gasteiger charge is -2.25. The number of nitrogens with zero attached hydrogens (tertiary/aromatic N) is 1. The molecule has 0 fully saturated rings. The van der Waals surface area contributed by atoms with Crippen molar-refractivity contribution in [3.63, 3.8) is 0 Å². The third-order valence-corrected chi connectivity index (χ3v) is 7.85. The molecule has 5 aromatic rings. The van der Waals surface area contributed by atoms with E-state index >= 15 is 0 Å². The number of aryl methyl sites for hydroxylation is 2. The summed E-state index contributed by atoms with van der Waals surface area (Å²) in [5, 5.41) is 13.1. The molecule has 236 valence electrons. The van der Waals surface area contributed by atoms with Gasteiger partial charge < -0.3 is 24.8 Å². The van der Waals surface area contributed by atoms with E-state index in [1.807, 2.05) is 84.9 Å². The average molecular weight is 615 g/mol. The summed E-state index contributed by atoms with van der Waals surface area (Å²) in [4.78, 5) is 14.5. The van der Waals surface area contributed by atoms with Crippen molar-refractivity contribution < 1.29 is 19.4 Å². The van der Waals surface area contributed by atoms with Crippen LogP contribution < -0.4 is 19.7 Å². The van der Waals surface area contributed by atoms with E-state index in [0.29, 0.717) is 37.5 Å². The van der Waals surface area contributed by atoms with Gasteiger partial charge in [0.25, 0.3) is 0 Å². The summed E-state index contributed by atoms with van der Waals surface area (Å²) < 4.78 is 12.1. The maximum absolute atomic E-state index is 12.1. The van der Waals surface area contributed by atoms with Crippen LogP contribution in [0.25, 0.3) is 0 Å². The molecule has 46 heavy (non-hydrogen) atoms. The molecule has 6 nitrogen and oxygen atoms in total. The first-order chi connectivity index (χ1) is 22.5. The van der Waals surface area contributed by atoms with Crippen LogP contribution in [-0.2, 0) is 24.4 Å². The molecule has 0 heterocycles. The lowest BCUT2D eigenvalue weighted by Crippen LogP contribution is -2.30. The Bertz CT molecular complexity index is 1620. The van der Waals surface area contributed by atoms with Crippen LogP contribution in [0, 0.1) is 6.92 Å². The topological polar surface area (TPSA) is 71.0 Å². The minimum atomic E-state index is -0.898. The molecule has 0 bridgehead atoms. The number of ether oxygens (including phenoxy) is 2. The van der Waals surface area contributed by atoms with E-state index in [-0.39, 0.29) is 0 Å². The number of hydrogen-bond donors (Lipinski definition) is 2. The van der Waals surface area contributed by atoms with E-state index in [0.717, 1.165) is 36.4 Å². The number of rotatable bonds is 17. The molecule has 2 N–H and O–H groups in total. The Hall–Kier alpha value is -5.23. The fourth-order valence-corrected chi connectivity index (χ4v) is 5.26. The molecule has 0 aliphatic carbocycles. The quantitative estimate of drug-likeness (QED) is 0.102. The Morgan fingerprint density at radius 1 is 0.739 bits per heavy atom. The van der Waals surface area contributed by atoms with Crippen molar-refractivity contribution in [3.8, 4) is 11.5 Å². The lowest BCUT2D eigenvalue weighted by atomic mass is 10.0. The molecule has 1 unspecified atom stereocenters. The van der Waals surface area contributed by atoms with Crippen LogP contribution in [-0.4, -0.2) is 30.3 Å². The van der Waals surface area contributed by atoms with Gasteiger partial charge in [0.1, 0.15) is 24.1 Å². The Balaban J connectivity index is 1.10. The van der Waals surface area contributed by atoms with E-state index in [9.17, 15) is 9.90 Å². The van der Waals surface area contributed by atoms with Crippen LogP contribution in [0.4, 0.5) is 11.4 Å². The fourth-order valence-electron chi connectivity index (χ4n) is 5.26. The van der Waals surface area contributed by atoms with Gasteiger partial charge in [0.05, 0.1) is 12.3 Å². The smallest absolute Gasteiger partial charge is 0.326 e. The van der Waals surface area contributed by atoms with Crippen LogP contribution in [0.3, 0.4) is 0 Å². The highest BCUT2D eigenvalue weighted by atomic mass is 16.5. The number of nitrogens with one attached hydrogen (secondary N) is 1. The molecule has 5 rings (SSSR count). The first-order valence-corrected chi connectivity index (χ1v) is 15.9. The first-order valence-electron chi connectivity index (χ1n) is 15.9. The van der Waals surface area contributed by atoms with Crippen molar-refractivity contribution >= 4 is 17.3 Å². The fraction of sp³-hybridized carbons (Fsp3) is 0.225. The zero-order valence-electron chi connectivity index (χ0n) is 26.3. The molecule has 0 saturated carbocycles. The number of carboxylic acids is 1. The summed E-state index contributed by atoms with van der Waals surface area (Å²) in [6, 6.07) is 43.8. The van der Waals surface area contributed by atoms with Crippen molar-refractivity contribution in [2.24, 2.45) is 0 Å². The van der Waals surface area contributed by atoms with Gasteiger partial charge in [0, 0.05) is 18.8 Å². The van der Waals surface area contributed by atoms with Gasteiger partial charge >= 0.3 is 5.97 Å². The van der Waals surface area contributed by atoms with E-state index in [1.165, 1.54) is 16.8 Å². The van der Waals surface area contributed by atoms with Gasteiger partial charge in [-0.25, -0.2) is 4.79 Å². The zero-order chi connectivity index (χ0) is 32.0. The highest BCUT2D eigenvalue weighted by Gasteiger charge is 2.19. The van der Waals surface area contributed by atoms with E-state index in [2.05, 4.69) is 65.7 Å². The molecule has 0 aromatic heterocycles. The number of anilines is 2. The summed E-state index contributed by atoms with van der Waals surface area (Å²) >= 11 is 0. The Morgan fingerprint density at radius 3 is 2.09 bits per heavy atom. The van der Waals surface area contributed by atoms with Crippen molar-refractivity contribution in [2.45, 2.75) is 45.4 Å². The predicted molar refractivity (Wildman–Crippen MR) is 186 cm³/mol. The number of para-hydroxylation sites is 2. The monoisotopic (exact) mass is 614 g/mol. The van der Waals surface area contributed by atoms with E-state index in [4.69, 9.17) is 9.47 Å². The zero-order valence-corrected chi connectivity index (χ0v) is 26.3. The van der Waals surface area contributed by atoms with Crippen LogP contribution in [0.5, 0.6) is 11.5 Å². The van der Waals surface area contributed by atoms with Crippen molar-refractivity contribution in [3.05, 3.63) is 156 Å². The van der Waals surface area contributed by atoms with Gasteiger partial charge in [-0.05, 0) is 79.3 Å². The Morgan fingerprint density at radius 2 is 1.39 bits per heavy atom.